The first kappa shape index (κ1) is 24.3. The molecule has 6 nitrogen and oxygen atoms in total. The van der Waals surface area contributed by atoms with Crippen molar-refractivity contribution in [2.24, 2.45) is 0 Å². The summed E-state index contributed by atoms with van der Waals surface area (Å²) in [4.78, 5) is 15.1. The van der Waals surface area contributed by atoms with Crippen molar-refractivity contribution in [1.29, 1.82) is 0 Å². The average Bonchev–Trinajstić information content (AvgIpc) is 2.93. The third kappa shape index (κ3) is 5.82. The second-order valence-electron chi connectivity index (χ2n) is 9.46. The Bertz CT molecular complexity index is 1030. The van der Waals surface area contributed by atoms with Crippen LogP contribution in [-0.4, -0.2) is 61.3 Å². The van der Waals surface area contributed by atoms with Gasteiger partial charge in [-0.05, 0) is 62.6 Å². The summed E-state index contributed by atoms with van der Waals surface area (Å²) in [5.41, 5.74) is 0.960. The number of halogens is 3. The molecular weight excluding hydrogens is 451 g/mol. The topological polar surface area (TPSA) is 57.2 Å². The van der Waals surface area contributed by atoms with Crippen molar-refractivity contribution in [3.63, 3.8) is 0 Å². The average molecular weight is 479 g/mol. The van der Waals surface area contributed by atoms with Gasteiger partial charge in [0, 0.05) is 6.54 Å². The summed E-state index contributed by atoms with van der Waals surface area (Å²) < 4.78 is 58.9. The summed E-state index contributed by atoms with van der Waals surface area (Å²) in [6.45, 7) is 8.17. The Morgan fingerprint density at radius 2 is 1.71 bits per heavy atom. The number of rotatable bonds is 5. The first-order valence-corrected chi connectivity index (χ1v) is 11.1. The lowest BCUT2D eigenvalue weighted by atomic mass is 9.98. The molecule has 1 atom stereocenters. The van der Waals surface area contributed by atoms with Gasteiger partial charge in [-0.25, -0.2) is 0 Å². The molecule has 2 aromatic carbocycles. The van der Waals surface area contributed by atoms with Crippen molar-refractivity contribution >= 4 is 5.91 Å². The van der Waals surface area contributed by atoms with Crippen LogP contribution in [-0.2, 0) is 9.47 Å². The molecule has 2 aromatic rings. The summed E-state index contributed by atoms with van der Waals surface area (Å²) in [6.07, 6.45) is -4.13. The summed E-state index contributed by atoms with van der Waals surface area (Å²) in [7, 11) is 0. The molecule has 4 rings (SSSR count). The standard InChI is InChI=1S/C25H28F3NO5/c1-23(2)15-33-24(3,16-32-23)10-11-29-12-13-31-21-9-6-18(14-20(21)22(29)30)17-4-7-19(8-5-17)34-25(26,27)28/h4-9,14H,10-13,15-16H2,1-3H3. The zero-order chi connectivity index (χ0) is 24.6. The van der Waals surface area contributed by atoms with Crippen LogP contribution in [0.15, 0.2) is 42.5 Å². The maximum atomic E-state index is 13.3. The lowest BCUT2D eigenvalue weighted by Gasteiger charge is -2.42. The molecule has 184 valence electrons. The Morgan fingerprint density at radius 3 is 2.35 bits per heavy atom. The van der Waals surface area contributed by atoms with Crippen LogP contribution < -0.4 is 9.47 Å². The summed E-state index contributed by atoms with van der Waals surface area (Å²) >= 11 is 0. The summed E-state index contributed by atoms with van der Waals surface area (Å²) in [5, 5.41) is 0. The number of benzene rings is 2. The van der Waals surface area contributed by atoms with E-state index in [1.807, 2.05) is 20.8 Å². The van der Waals surface area contributed by atoms with Crippen molar-refractivity contribution in [1.82, 2.24) is 4.90 Å². The van der Waals surface area contributed by atoms with Crippen molar-refractivity contribution in [3.8, 4) is 22.6 Å². The van der Waals surface area contributed by atoms with Gasteiger partial charge < -0.3 is 23.8 Å². The first-order chi connectivity index (χ1) is 15.9. The number of amides is 1. The number of ether oxygens (including phenoxy) is 4. The molecule has 9 heteroatoms. The zero-order valence-corrected chi connectivity index (χ0v) is 19.4. The summed E-state index contributed by atoms with van der Waals surface area (Å²) in [6, 6.07) is 10.7. The van der Waals surface area contributed by atoms with Gasteiger partial charge in [-0.1, -0.05) is 18.2 Å². The molecule has 1 saturated heterocycles. The third-order valence-electron chi connectivity index (χ3n) is 5.98. The van der Waals surface area contributed by atoms with Gasteiger partial charge in [0.2, 0.25) is 0 Å². The maximum Gasteiger partial charge on any atom is 0.573 e. The van der Waals surface area contributed by atoms with Crippen molar-refractivity contribution < 1.29 is 36.9 Å². The van der Waals surface area contributed by atoms with Crippen LogP contribution >= 0.6 is 0 Å². The largest absolute Gasteiger partial charge is 0.573 e. The molecule has 2 aliphatic heterocycles. The fourth-order valence-electron chi connectivity index (χ4n) is 3.90. The monoisotopic (exact) mass is 479 g/mol. The molecule has 2 heterocycles. The lowest BCUT2D eigenvalue weighted by molar-refractivity contribution is -0.274. The van der Waals surface area contributed by atoms with Gasteiger partial charge in [-0.15, -0.1) is 13.2 Å². The van der Waals surface area contributed by atoms with Gasteiger partial charge in [0.25, 0.3) is 5.91 Å². The quantitative estimate of drug-likeness (QED) is 0.600. The van der Waals surface area contributed by atoms with E-state index in [0.29, 0.717) is 61.8 Å². The minimum absolute atomic E-state index is 0.160. The highest BCUT2D eigenvalue weighted by Gasteiger charge is 2.37. The molecule has 1 amide bonds. The van der Waals surface area contributed by atoms with Gasteiger partial charge >= 0.3 is 6.36 Å². The Labute approximate surface area is 196 Å². The third-order valence-corrected chi connectivity index (χ3v) is 5.98. The Balaban J connectivity index is 1.48. The van der Waals surface area contributed by atoms with Crippen molar-refractivity contribution in [2.75, 3.05) is 32.9 Å². The molecule has 2 aliphatic rings. The fraction of sp³-hybridized carbons (Fsp3) is 0.480. The lowest BCUT2D eigenvalue weighted by Crippen LogP contribution is -2.50. The van der Waals surface area contributed by atoms with Crippen LogP contribution in [0.4, 0.5) is 13.2 Å². The molecule has 0 aliphatic carbocycles. The van der Waals surface area contributed by atoms with E-state index in [1.165, 1.54) is 24.3 Å². The molecule has 34 heavy (non-hydrogen) atoms. The maximum absolute atomic E-state index is 13.3. The highest BCUT2D eigenvalue weighted by atomic mass is 19.4. The number of hydrogen-bond acceptors (Lipinski definition) is 5. The van der Waals surface area contributed by atoms with E-state index in [0.717, 1.165) is 0 Å². The van der Waals surface area contributed by atoms with E-state index in [-0.39, 0.29) is 17.3 Å². The van der Waals surface area contributed by atoms with Crippen LogP contribution in [0, 0.1) is 0 Å². The smallest absolute Gasteiger partial charge is 0.491 e. The Morgan fingerprint density at radius 1 is 1.00 bits per heavy atom. The fourth-order valence-corrected chi connectivity index (χ4v) is 3.90. The highest BCUT2D eigenvalue weighted by Crippen LogP contribution is 2.32. The normalized spacial score (nSPS) is 22.5. The molecule has 0 bridgehead atoms. The van der Waals surface area contributed by atoms with E-state index in [4.69, 9.17) is 14.2 Å². The van der Waals surface area contributed by atoms with Crippen LogP contribution in [0.5, 0.6) is 11.5 Å². The second-order valence-corrected chi connectivity index (χ2v) is 9.46. The van der Waals surface area contributed by atoms with E-state index < -0.39 is 12.0 Å². The number of carbonyl (C=O) groups excluding carboxylic acids is 1. The van der Waals surface area contributed by atoms with Crippen LogP contribution in [0.2, 0.25) is 0 Å². The molecule has 0 saturated carbocycles. The van der Waals surface area contributed by atoms with Gasteiger partial charge in [0.05, 0.1) is 36.5 Å². The first-order valence-electron chi connectivity index (χ1n) is 11.1. The molecule has 1 unspecified atom stereocenters. The Kier molecular flexibility index (Phi) is 6.52. The number of carbonyl (C=O) groups is 1. The van der Waals surface area contributed by atoms with Crippen LogP contribution in [0.3, 0.4) is 0 Å². The molecule has 0 radical (unpaired) electrons. The molecule has 1 fully saturated rings. The van der Waals surface area contributed by atoms with Crippen LogP contribution in [0.25, 0.3) is 11.1 Å². The van der Waals surface area contributed by atoms with Crippen molar-refractivity contribution in [3.05, 3.63) is 48.0 Å². The van der Waals surface area contributed by atoms with Gasteiger partial charge in [0.15, 0.2) is 0 Å². The van der Waals surface area contributed by atoms with E-state index in [9.17, 15) is 18.0 Å². The van der Waals surface area contributed by atoms with Crippen molar-refractivity contribution in [2.45, 2.75) is 44.8 Å². The Hall–Kier alpha value is -2.78. The minimum Gasteiger partial charge on any atom is -0.491 e. The second kappa shape index (κ2) is 9.11. The van der Waals surface area contributed by atoms with Gasteiger partial charge in [-0.3, -0.25) is 4.79 Å². The van der Waals surface area contributed by atoms with Crippen LogP contribution in [0.1, 0.15) is 37.6 Å². The zero-order valence-electron chi connectivity index (χ0n) is 19.4. The van der Waals surface area contributed by atoms with Gasteiger partial charge in [0.1, 0.15) is 18.1 Å². The summed E-state index contributed by atoms with van der Waals surface area (Å²) in [5.74, 6) is 0.0212. The predicted octanol–water partition coefficient (Wildman–Crippen LogP) is 5.06. The van der Waals surface area contributed by atoms with E-state index in [1.54, 1.807) is 23.1 Å². The molecule has 0 spiro atoms. The van der Waals surface area contributed by atoms with E-state index >= 15 is 0 Å². The predicted molar refractivity (Wildman–Crippen MR) is 119 cm³/mol. The van der Waals surface area contributed by atoms with E-state index in [2.05, 4.69) is 4.74 Å². The molecular formula is C25H28F3NO5. The minimum atomic E-state index is -4.75. The molecule has 0 N–H and O–H groups in total. The number of fused-ring (bicyclic) bond motifs is 1. The highest BCUT2D eigenvalue weighted by molar-refractivity contribution is 5.98. The number of nitrogens with zero attached hydrogens (tertiary/aromatic N) is 1. The molecule has 0 aromatic heterocycles. The number of hydrogen-bond donors (Lipinski definition) is 0. The van der Waals surface area contributed by atoms with Gasteiger partial charge in [-0.2, -0.15) is 0 Å². The SMILES string of the molecule is CC1(C)COC(C)(CCN2CCOc3ccc(-c4ccc(OC(F)(F)F)cc4)cc3C2=O)CO1. The number of alkyl halides is 3.